The van der Waals surface area contributed by atoms with Crippen LogP contribution in [-0.2, 0) is 14.8 Å². The van der Waals surface area contributed by atoms with Crippen LogP contribution in [0.15, 0.2) is 12.3 Å². The van der Waals surface area contributed by atoms with E-state index in [1.807, 2.05) is 0 Å². The summed E-state index contributed by atoms with van der Waals surface area (Å²) in [6, 6.07) is 2.26. The van der Waals surface area contributed by atoms with E-state index < -0.39 is 0 Å². The van der Waals surface area contributed by atoms with Gasteiger partial charge in [-0.15, -0.1) is 0 Å². The zero-order valence-corrected chi connectivity index (χ0v) is 16.5. The fraction of sp³-hybridized carbons (Fsp3) is 0.810. The topological polar surface area (TPSA) is 23.4 Å². The molecule has 1 aromatic heterocycles. The first-order chi connectivity index (χ1) is 11.7. The number of hydrogen-bond acceptors (Lipinski definition) is 2. The second-order valence-corrected chi connectivity index (χ2v) is 10.5. The Kier molecular flexibility index (Phi) is 3.26. The van der Waals surface area contributed by atoms with Gasteiger partial charge in [-0.1, -0.05) is 0 Å². The van der Waals surface area contributed by atoms with Crippen molar-refractivity contribution in [2.75, 3.05) is 0 Å². The van der Waals surface area contributed by atoms with Gasteiger partial charge in [-0.2, -0.15) is 0 Å². The van der Waals surface area contributed by atoms with Crippen LogP contribution in [0.2, 0.25) is 0 Å². The summed E-state index contributed by atoms with van der Waals surface area (Å²) < 4.78 is 15.3. The van der Waals surface area contributed by atoms with Crippen LogP contribution in [0.5, 0.6) is 0 Å². The molecule has 5 aliphatic rings. The minimum atomic E-state index is -0.271. The smallest absolute Gasteiger partial charge is 0.399 e. The predicted octanol–water partition coefficient (Wildman–Crippen LogP) is 4.02. The van der Waals surface area contributed by atoms with Crippen molar-refractivity contribution in [2.45, 2.75) is 89.9 Å². The lowest BCUT2D eigenvalue weighted by Gasteiger charge is -2.57. The van der Waals surface area contributed by atoms with Crippen LogP contribution in [0.3, 0.4) is 0 Å². The lowest BCUT2D eigenvalue weighted by Crippen LogP contribution is -2.52. The normalized spacial score (nSPS) is 40.8. The molecule has 0 atom stereocenters. The highest BCUT2D eigenvalue weighted by atomic mass is 16.7. The van der Waals surface area contributed by atoms with E-state index in [0.717, 1.165) is 17.8 Å². The monoisotopic (exact) mass is 341 g/mol. The van der Waals surface area contributed by atoms with Gasteiger partial charge in [0.25, 0.3) is 0 Å². The average molecular weight is 341 g/mol. The molecule has 2 heterocycles. The molecule has 136 valence electrons. The quantitative estimate of drug-likeness (QED) is 0.759. The van der Waals surface area contributed by atoms with Crippen LogP contribution < -0.4 is 5.46 Å². The zero-order chi connectivity index (χ0) is 17.6. The van der Waals surface area contributed by atoms with Crippen LogP contribution in [0, 0.1) is 24.7 Å². The Bertz CT molecular complexity index is 653. The standard InChI is InChI=1S/C21H32BNO2/c1-14-18(22-24-19(2,3)20(4,5)25-22)6-7-23(14)21-11-15-8-16(12-21)10-17(9-15)13-21/h6-7,15-17H,8-13H2,1-5H3/t15-,16+,17-,21?. The summed E-state index contributed by atoms with van der Waals surface area (Å²) in [7, 11) is -0.236. The fourth-order valence-corrected chi connectivity index (χ4v) is 6.62. The summed E-state index contributed by atoms with van der Waals surface area (Å²) in [6.45, 7) is 10.8. The molecule has 0 N–H and O–H groups in total. The zero-order valence-electron chi connectivity index (χ0n) is 16.5. The maximum Gasteiger partial charge on any atom is 0.496 e. The van der Waals surface area contributed by atoms with Crippen LogP contribution in [0.1, 0.15) is 71.9 Å². The number of aromatic nitrogens is 1. The van der Waals surface area contributed by atoms with Gasteiger partial charge < -0.3 is 13.9 Å². The maximum atomic E-state index is 6.33. The SMILES string of the molecule is Cc1c(B2OC(C)(C)C(C)(C)O2)ccn1C12C[C@H]3C[C@@H](C1)C[C@@H](C2)C3. The molecule has 5 fully saturated rings. The van der Waals surface area contributed by atoms with Crippen LogP contribution >= 0.6 is 0 Å². The Balaban J connectivity index is 1.48. The molecule has 1 aliphatic heterocycles. The first-order valence-electron chi connectivity index (χ1n) is 10.2. The van der Waals surface area contributed by atoms with Crippen molar-refractivity contribution in [1.29, 1.82) is 0 Å². The number of nitrogens with zero attached hydrogens (tertiary/aromatic N) is 1. The summed E-state index contributed by atoms with van der Waals surface area (Å²) in [5, 5.41) is 0. The van der Waals surface area contributed by atoms with E-state index >= 15 is 0 Å². The molecule has 3 nitrogen and oxygen atoms in total. The van der Waals surface area contributed by atoms with E-state index in [4.69, 9.17) is 9.31 Å². The molecule has 6 rings (SSSR count). The molecule has 1 aromatic rings. The highest BCUT2D eigenvalue weighted by Gasteiger charge is 2.54. The van der Waals surface area contributed by atoms with Gasteiger partial charge in [-0.05, 0) is 97.0 Å². The molecule has 4 bridgehead atoms. The van der Waals surface area contributed by atoms with E-state index in [9.17, 15) is 0 Å². The highest BCUT2D eigenvalue weighted by molar-refractivity contribution is 6.62. The highest BCUT2D eigenvalue weighted by Crippen LogP contribution is 2.59. The van der Waals surface area contributed by atoms with Crippen LogP contribution in [-0.4, -0.2) is 22.9 Å². The van der Waals surface area contributed by atoms with Gasteiger partial charge in [0.05, 0.1) is 11.2 Å². The molecule has 0 aromatic carbocycles. The maximum absolute atomic E-state index is 6.33. The molecule has 0 unspecified atom stereocenters. The third-order valence-electron chi connectivity index (χ3n) is 8.21. The molecular formula is C21H32BNO2. The van der Waals surface area contributed by atoms with Gasteiger partial charge in [0, 0.05) is 22.9 Å². The van der Waals surface area contributed by atoms with Crippen molar-refractivity contribution >= 4 is 12.6 Å². The van der Waals surface area contributed by atoms with E-state index in [2.05, 4.69) is 51.4 Å². The molecule has 4 aliphatic carbocycles. The Morgan fingerprint density at radius 2 is 1.40 bits per heavy atom. The number of hydrogen-bond donors (Lipinski definition) is 0. The Morgan fingerprint density at radius 1 is 0.920 bits per heavy atom. The van der Waals surface area contributed by atoms with Crippen molar-refractivity contribution in [3.05, 3.63) is 18.0 Å². The fourth-order valence-electron chi connectivity index (χ4n) is 6.62. The lowest BCUT2D eigenvalue weighted by atomic mass is 9.53. The minimum Gasteiger partial charge on any atom is -0.399 e. The summed E-state index contributed by atoms with van der Waals surface area (Å²) in [5.41, 5.74) is 2.43. The molecule has 0 amide bonds. The van der Waals surface area contributed by atoms with E-state index in [0.29, 0.717) is 5.54 Å². The first-order valence-corrected chi connectivity index (χ1v) is 10.2. The third kappa shape index (κ3) is 2.26. The van der Waals surface area contributed by atoms with Gasteiger partial charge in [0.1, 0.15) is 0 Å². The molecule has 4 heteroatoms. The molecular weight excluding hydrogens is 309 g/mol. The summed E-state index contributed by atoms with van der Waals surface area (Å²) in [6.07, 6.45) is 11.0. The van der Waals surface area contributed by atoms with Crippen LogP contribution in [0.25, 0.3) is 0 Å². The van der Waals surface area contributed by atoms with Gasteiger partial charge in [0.2, 0.25) is 0 Å². The lowest BCUT2D eigenvalue weighted by molar-refractivity contribution is -0.0437. The van der Waals surface area contributed by atoms with E-state index in [1.54, 1.807) is 0 Å². The van der Waals surface area contributed by atoms with E-state index in [1.165, 1.54) is 49.7 Å². The van der Waals surface area contributed by atoms with Gasteiger partial charge in [-0.3, -0.25) is 0 Å². The van der Waals surface area contributed by atoms with Gasteiger partial charge >= 0.3 is 7.12 Å². The van der Waals surface area contributed by atoms with Crippen molar-refractivity contribution in [1.82, 2.24) is 4.57 Å². The molecule has 0 spiro atoms. The minimum absolute atomic E-state index is 0.236. The Hall–Kier alpha value is -0.735. The predicted molar refractivity (Wildman–Crippen MR) is 101 cm³/mol. The van der Waals surface area contributed by atoms with Crippen molar-refractivity contribution < 1.29 is 9.31 Å². The van der Waals surface area contributed by atoms with Crippen LogP contribution in [0.4, 0.5) is 0 Å². The Labute approximate surface area is 152 Å². The first kappa shape index (κ1) is 16.4. The van der Waals surface area contributed by atoms with Crippen molar-refractivity contribution in [2.24, 2.45) is 17.8 Å². The third-order valence-corrected chi connectivity index (χ3v) is 8.21. The van der Waals surface area contributed by atoms with E-state index in [-0.39, 0.29) is 18.3 Å². The largest absolute Gasteiger partial charge is 0.496 e. The second-order valence-electron chi connectivity index (χ2n) is 10.5. The van der Waals surface area contributed by atoms with Gasteiger partial charge in [0.15, 0.2) is 0 Å². The van der Waals surface area contributed by atoms with Gasteiger partial charge in [-0.25, -0.2) is 0 Å². The molecule has 1 saturated heterocycles. The van der Waals surface area contributed by atoms with Crippen molar-refractivity contribution in [3.8, 4) is 0 Å². The molecule has 4 saturated carbocycles. The second kappa shape index (κ2) is 4.95. The molecule has 25 heavy (non-hydrogen) atoms. The summed E-state index contributed by atoms with van der Waals surface area (Å²) in [5.74, 6) is 2.90. The Morgan fingerprint density at radius 3 is 1.88 bits per heavy atom. The number of rotatable bonds is 2. The summed E-state index contributed by atoms with van der Waals surface area (Å²) >= 11 is 0. The van der Waals surface area contributed by atoms with Crippen molar-refractivity contribution in [3.63, 3.8) is 0 Å². The molecule has 0 radical (unpaired) electrons. The summed E-state index contributed by atoms with van der Waals surface area (Å²) in [4.78, 5) is 0. The average Bonchev–Trinajstić information content (AvgIpc) is 2.95.